The molecule has 0 unspecified atom stereocenters. The van der Waals surface area contributed by atoms with E-state index >= 15 is 0 Å². The molecule has 0 aliphatic heterocycles. The van der Waals surface area contributed by atoms with E-state index in [1.807, 2.05) is 11.3 Å². The molecule has 6 rings (SSSR count). The number of allylic oxidation sites excluding steroid dienone is 2. The van der Waals surface area contributed by atoms with Gasteiger partial charge in [0.2, 0.25) is 0 Å². The van der Waals surface area contributed by atoms with Crippen LogP contribution >= 0.6 is 11.3 Å². The topological polar surface area (TPSA) is 33.1 Å². The van der Waals surface area contributed by atoms with E-state index in [0.717, 1.165) is 37.1 Å². The highest BCUT2D eigenvalue weighted by molar-refractivity contribution is 7.16. The Morgan fingerprint density at radius 1 is 1.16 bits per heavy atom. The third-order valence-corrected chi connectivity index (χ3v) is 11.1. The van der Waals surface area contributed by atoms with Crippen LogP contribution in [0.25, 0.3) is 16.1 Å². The average Bonchev–Trinajstić information content (AvgIpc) is 3.33. The van der Waals surface area contributed by atoms with Crippen molar-refractivity contribution < 1.29 is 5.11 Å². The molecular formula is C29H33NOS. The van der Waals surface area contributed by atoms with Gasteiger partial charge in [-0.05, 0) is 86.7 Å². The van der Waals surface area contributed by atoms with Gasteiger partial charge in [-0.3, -0.25) is 0 Å². The molecule has 0 spiro atoms. The van der Waals surface area contributed by atoms with Gasteiger partial charge in [-0.1, -0.05) is 49.6 Å². The quantitative estimate of drug-likeness (QED) is 0.500. The summed E-state index contributed by atoms with van der Waals surface area (Å²) in [5, 5.41) is 12.4. The molecule has 0 saturated heterocycles. The number of nitrogens with zero attached hydrogens (tertiary/aromatic N) is 1. The predicted octanol–water partition coefficient (Wildman–Crippen LogP) is 6.66. The van der Waals surface area contributed by atoms with Crippen LogP contribution < -0.4 is 0 Å². The van der Waals surface area contributed by atoms with E-state index in [9.17, 15) is 5.11 Å². The van der Waals surface area contributed by atoms with Crippen LogP contribution in [0.2, 0.25) is 0 Å². The molecule has 1 aromatic carbocycles. The van der Waals surface area contributed by atoms with Crippen molar-refractivity contribution in [1.29, 1.82) is 0 Å². The van der Waals surface area contributed by atoms with E-state index < -0.39 is 5.60 Å². The van der Waals surface area contributed by atoms with Crippen molar-refractivity contribution in [1.82, 2.24) is 4.98 Å². The Morgan fingerprint density at radius 2 is 1.97 bits per heavy atom. The maximum absolute atomic E-state index is 11.2. The van der Waals surface area contributed by atoms with Gasteiger partial charge in [0, 0.05) is 11.0 Å². The van der Waals surface area contributed by atoms with Gasteiger partial charge in [0.15, 0.2) is 0 Å². The van der Waals surface area contributed by atoms with Crippen LogP contribution in [0.15, 0.2) is 30.3 Å². The van der Waals surface area contributed by atoms with E-state index in [2.05, 4.69) is 57.0 Å². The summed E-state index contributed by atoms with van der Waals surface area (Å²) in [6.07, 6.45) is 15.8. The third-order valence-electron chi connectivity index (χ3n) is 9.94. The monoisotopic (exact) mass is 443 g/mol. The number of benzene rings is 1. The second kappa shape index (κ2) is 6.81. The number of terminal acetylenes is 1. The second-order valence-electron chi connectivity index (χ2n) is 11.3. The molecule has 2 aromatic rings. The number of thiazole rings is 1. The first kappa shape index (κ1) is 20.7. The fourth-order valence-electron chi connectivity index (χ4n) is 8.03. The summed E-state index contributed by atoms with van der Waals surface area (Å²) in [7, 11) is 0. The molecule has 4 aliphatic carbocycles. The summed E-state index contributed by atoms with van der Waals surface area (Å²) in [6, 6.07) is 8.73. The van der Waals surface area contributed by atoms with Gasteiger partial charge in [-0.25, -0.2) is 4.98 Å². The maximum Gasteiger partial charge on any atom is 0.130 e. The number of aromatic nitrogens is 1. The van der Waals surface area contributed by atoms with Crippen LogP contribution in [0.1, 0.15) is 68.5 Å². The lowest BCUT2D eigenvalue weighted by atomic mass is 9.47. The number of aryl methyl sites for hydroxylation is 2. The van der Waals surface area contributed by atoms with E-state index in [1.165, 1.54) is 34.5 Å². The second-order valence-corrected chi connectivity index (χ2v) is 12.3. The van der Waals surface area contributed by atoms with Gasteiger partial charge in [-0.2, -0.15) is 0 Å². The van der Waals surface area contributed by atoms with Gasteiger partial charge in [0.1, 0.15) is 10.6 Å². The molecule has 166 valence electrons. The Labute approximate surface area is 196 Å². The van der Waals surface area contributed by atoms with Crippen LogP contribution in [0.4, 0.5) is 0 Å². The fourth-order valence-corrected chi connectivity index (χ4v) is 9.32. The van der Waals surface area contributed by atoms with E-state index in [4.69, 9.17) is 11.4 Å². The van der Waals surface area contributed by atoms with E-state index in [1.54, 1.807) is 5.57 Å². The van der Waals surface area contributed by atoms with Gasteiger partial charge in [0.05, 0.1) is 10.6 Å². The minimum absolute atomic E-state index is 0.132. The fraction of sp³-hybridized carbons (Fsp3) is 0.552. The smallest absolute Gasteiger partial charge is 0.130 e. The summed E-state index contributed by atoms with van der Waals surface area (Å²) < 4.78 is 0. The summed E-state index contributed by atoms with van der Waals surface area (Å²) in [5.41, 5.74) is 4.55. The predicted molar refractivity (Wildman–Crippen MR) is 132 cm³/mol. The van der Waals surface area contributed by atoms with Gasteiger partial charge in [0.25, 0.3) is 0 Å². The maximum atomic E-state index is 11.2. The molecule has 3 heteroatoms. The summed E-state index contributed by atoms with van der Waals surface area (Å²) >= 11 is 1.90. The summed E-state index contributed by atoms with van der Waals surface area (Å²) in [5.74, 6) is 4.65. The van der Waals surface area contributed by atoms with Crippen molar-refractivity contribution in [3.8, 4) is 22.9 Å². The number of hydrogen-bond donors (Lipinski definition) is 1. The SMILES string of the molecule is C#C[C@]1(O)CC[C@H]2[C@@H]3CC=C4c5sc(-c6cccc(C)c6)nc5CC[C@]4(C)[C@H]3CC[C@@]21C. The van der Waals surface area contributed by atoms with Crippen molar-refractivity contribution >= 4 is 16.9 Å². The molecule has 2 nitrogen and oxygen atoms in total. The number of aliphatic hydroxyl groups is 1. The molecule has 1 heterocycles. The highest BCUT2D eigenvalue weighted by Crippen LogP contribution is 2.68. The highest BCUT2D eigenvalue weighted by atomic mass is 32.1. The Hall–Kier alpha value is -1.89. The van der Waals surface area contributed by atoms with Crippen molar-refractivity contribution in [2.75, 3.05) is 0 Å². The zero-order valence-electron chi connectivity index (χ0n) is 19.4. The van der Waals surface area contributed by atoms with Crippen molar-refractivity contribution in [3.63, 3.8) is 0 Å². The molecule has 1 N–H and O–H groups in total. The molecule has 6 atom stereocenters. The van der Waals surface area contributed by atoms with Crippen molar-refractivity contribution in [2.45, 2.75) is 71.3 Å². The van der Waals surface area contributed by atoms with Crippen LogP contribution in [-0.2, 0) is 6.42 Å². The first-order valence-electron chi connectivity index (χ1n) is 12.3. The minimum Gasteiger partial charge on any atom is -0.377 e. The zero-order valence-corrected chi connectivity index (χ0v) is 20.3. The van der Waals surface area contributed by atoms with Crippen LogP contribution in [0, 0.1) is 47.9 Å². The molecule has 1 aromatic heterocycles. The Balaban J connectivity index is 1.38. The first-order valence-corrected chi connectivity index (χ1v) is 13.1. The van der Waals surface area contributed by atoms with Gasteiger partial charge in [-0.15, -0.1) is 17.8 Å². The molecule has 4 aliphatic rings. The largest absolute Gasteiger partial charge is 0.377 e. The normalized spacial score (nSPS) is 39.8. The molecule has 2 saturated carbocycles. The number of hydrogen-bond acceptors (Lipinski definition) is 3. The third kappa shape index (κ3) is 2.60. The van der Waals surface area contributed by atoms with Crippen LogP contribution in [0.5, 0.6) is 0 Å². The first-order chi connectivity index (χ1) is 15.3. The van der Waals surface area contributed by atoms with E-state index in [0.29, 0.717) is 17.8 Å². The Kier molecular flexibility index (Phi) is 4.41. The number of fused-ring (bicyclic) bond motifs is 7. The van der Waals surface area contributed by atoms with Crippen LogP contribution in [0.3, 0.4) is 0 Å². The lowest BCUT2D eigenvalue weighted by Gasteiger charge is -2.57. The minimum atomic E-state index is -0.923. The highest BCUT2D eigenvalue weighted by Gasteiger charge is 2.63. The van der Waals surface area contributed by atoms with Crippen molar-refractivity contribution in [2.24, 2.45) is 28.6 Å². The number of rotatable bonds is 1. The molecule has 0 radical (unpaired) electrons. The molecule has 32 heavy (non-hydrogen) atoms. The molecule has 0 bridgehead atoms. The lowest BCUT2D eigenvalue weighted by molar-refractivity contribution is -0.0886. The Morgan fingerprint density at radius 3 is 2.75 bits per heavy atom. The van der Waals surface area contributed by atoms with Crippen LogP contribution in [-0.4, -0.2) is 15.7 Å². The molecule has 2 fully saturated rings. The summed E-state index contributed by atoms with van der Waals surface area (Å²) in [4.78, 5) is 6.54. The molecular weight excluding hydrogens is 410 g/mol. The van der Waals surface area contributed by atoms with E-state index in [-0.39, 0.29) is 10.8 Å². The standard InChI is InChI=1S/C29H33NOS/c1-5-29(31)16-12-22-20-9-10-23-25-24(30-26(32-25)19-8-6-7-18(2)17-19)13-14-27(23,3)21(20)11-15-28(22,29)4/h1,6-8,10,17,20-22,31H,9,11-16H2,2-4H3/t20-,21+,22+,27-,28+,29+/m1/s1. The zero-order chi connectivity index (χ0) is 22.3. The summed E-state index contributed by atoms with van der Waals surface area (Å²) in [6.45, 7) is 6.95. The van der Waals surface area contributed by atoms with Crippen molar-refractivity contribution in [3.05, 3.63) is 46.5 Å². The lowest BCUT2D eigenvalue weighted by Crippen LogP contribution is -2.53. The molecule has 0 amide bonds. The van der Waals surface area contributed by atoms with Gasteiger partial charge >= 0.3 is 0 Å². The van der Waals surface area contributed by atoms with Gasteiger partial charge < -0.3 is 5.11 Å². The average molecular weight is 444 g/mol. The Bertz CT molecular complexity index is 1170.